The molecule has 0 radical (unpaired) electrons. The molecule has 0 bridgehead atoms. The van der Waals surface area contributed by atoms with Crippen molar-refractivity contribution in [1.82, 2.24) is 0 Å². The van der Waals surface area contributed by atoms with E-state index in [0.717, 1.165) is 0 Å². The molecule has 0 aliphatic rings. The zero-order valence-electron chi connectivity index (χ0n) is 8.46. The van der Waals surface area contributed by atoms with Crippen molar-refractivity contribution in [3.63, 3.8) is 0 Å². The first kappa shape index (κ1) is 11.7. The van der Waals surface area contributed by atoms with Gasteiger partial charge in [-0.2, -0.15) is 0 Å². The predicted octanol–water partition coefficient (Wildman–Crippen LogP) is 1.58. The van der Waals surface area contributed by atoms with Crippen LogP contribution in [0.2, 0.25) is 0 Å². The van der Waals surface area contributed by atoms with Gasteiger partial charge in [0.2, 0.25) is 0 Å². The van der Waals surface area contributed by atoms with E-state index in [2.05, 4.69) is 6.58 Å². The van der Waals surface area contributed by atoms with Crippen molar-refractivity contribution < 1.29 is 10.2 Å². The summed E-state index contributed by atoms with van der Waals surface area (Å²) >= 11 is 0. The van der Waals surface area contributed by atoms with Gasteiger partial charge in [0.25, 0.3) is 0 Å². The quantitative estimate of drug-likeness (QED) is 0.634. The highest BCUT2D eigenvalue weighted by molar-refractivity contribution is 5.00. The molecular weight excluding hydrogens is 152 g/mol. The van der Waals surface area contributed by atoms with Gasteiger partial charge in [-0.05, 0) is 5.41 Å². The average Bonchev–Trinajstić information content (AvgIpc) is 2.00. The summed E-state index contributed by atoms with van der Waals surface area (Å²) < 4.78 is 0. The molecule has 0 rings (SSSR count). The van der Waals surface area contributed by atoms with Crippen LogP contribution in [0.15, 0.2) is 12.7 Å². The molecule has 0 aromatic carbocycles. The molecule has 2 atom stereocenters. The Hall–Kier alpha value is -0.340. The number of hydrogen-bond donors (Lipinski definition) is 2. The van der Waals surface area contributed by atoms with Crippen molar-refractivity contribution in [1.29, 1.82) is 0 Å². The molecule has 2 N–H and O–H groups in total. The molecule has 0 aromatic heterocycles. The Morgan fingerprint density at radius 3 is 1.83 bits per heavy atom. The highest BCUT2D eigenvalue weighted by Crippen LogP contribution is 2.34. The summed E-state index contributed by atoms with van der Waals surface area (Å²) in [4.78, 5) is 0. The Kier molecular flexibility index (Phi) is 3.48. The Morgan fingerprint density at radius 2 is 1.75 bits per heavy atom. The Balaban J connectivity index is 4.64. The van der Waals surface area contributed by atoms with Gasteiger partial charge in [0, 0.05) is 5.41 Å². The van der Waals surface area contributed by atoms with Crippen LogP contribution in [0.1, 0.15) is 27.7 Å². The molecule has 0 fully saturated rings. The van der Waals surface area contributed by atoms with E-state index in [0.29, 0.717) is 0 Å². The highest BCUT2D eigenvalue weighted by Gasteiger charge is 2.37. The van der Waals surface area contributed by atoms with E-state index in [9.17, 15) is 5.11 Å². The number of aliphatic hydroxyl groups excluding tert-OH is 2. The SMILES string of the molecule is C=C[C@@](C)(CO)C(O)C(C)(C)C. The first-order valence-corrected chi connectivity index (χ1v) is 4.20. The van der Waals surface area contributed by atoms with Gasteiger partial charge in [0.15, 0.2) is 0 Å². The molecule has 0 saturated heterocycles. The smallest absolute Gasteiger partial charge is 0.0698 e. The van der Waals surface area contributed by atoms with E-state index in [1.807, 2.05) is 20.8 Å². The van der Waals surface area contributed by atoms with Crippen LogP contribution in [-0.4, -0.2) is 22.9 Å². The molecule has 12 heavy (non-hydrogen) atoms. The van der Waals surface area contributed by atoms with Gasteiger partial charge in [-0.25, -0.2) is 0 Å². The van der Waals surface area contributed by atoms with E-state index < -0.39 is 11.5 Å². The van der Waals surface area contributed by atoms with Crippen molar-refractivity contribution in [3.8, 4) is 0 Å². The topological polar surface area (TPSA) is 40.5 Å². The lowest BCUT2D eigenvalue weighted by molar-refractivity contribution is -0.0412. The summed E-state index contributed by atoms with van der Waals surface area (Å²) in [6, 6.07) is 0. The fraction of sp³-hybridized carbons (Fsp3) is 0.800. The van der Waals surface area contributed by atoms with Crippen LogP contribution in [0.3, 0.4) is 0 Å². The molecule has 0 aliphatic carbocycles. The summed E-state index contributed by atoms with van der Waals surface area (Å²) in [5.41, 5.74) is -0.829. The first-order chi connectivity index (χ1) is 5.28. The van der Waals surface area contributed by atoms with E-state index in [1.54, 1.807) is 13.0 Å². The molecule has 0 aromatic rings. The average molecular weight is 172 g/mol. The maximum Gasteiger partial charge on any atom is 0.0698 e. The Labute approximate surface area is 74.9 Å². The standard InChI is InChI=1S/C10H20O2/c1-6-10(5,7-11)8(12)9(2,3)4/h6,8,11-12H,1,7H2,2-5H3/t8?,10-/m0/s1. The van der Waals surface area contributed by atoms with E-state index in [1.165, 1.54) is 0 Å². The molecule has 0 spiro atoms. The predicted molar refractivity (Wildman–Crippen MR) is 50.9 cm³/mol. The lowest BCUT2D eigenvalue weighted by Crippen LogP contribution is -2.42. The van der Waals surface area contributed by atoms with Gasteiger partial charge in [-0.1, -0.05) is 33.8 Å². The summed E-state index contributed by atoms with van der Waals surface area (Å²) in [7, 11) is 0. The third-order valence-corrected chi connectivity index (χ3v) is 2.25. The van der Waals surface area contributed by atoms with Crippen molar-refractivity contribution >= 4 is 0 Å². The van der Waals surface area contributed by atoms with Crippen molar-refractivity contribution in [2.45, 2.75) is 33.8 Å². The third kappa shape index (κ3) is 2.32. The lowest BCUT2D eigenvalue weighted by Gasteiger charge is -2.38. The largest absolute Gasteiger partial charge is 0.395 e. The monoisotopic (exact) mass is 172 g/mol. The number of rotatable bonds is 3. The summed E-state index contributed by atoms with van der Waals surface area (Å²) in [5, 5.41) is 19.0. The zero-order chi connectivity index (χ0) is 9.99. The van der Waals surface area contributed by atoms with Gasteiger partial charge in [-0.15, -0.1) is 6.58 Å². The molecule has 0 heterocycles. The number of hydrogen-bond acceptors (Lipinski definition) is 2. The summed E-state index contributed by atoms with van der Waals surface area (Å²) in [5.74, 6) is 0. The fourth-order valence-electron chi connectivity index (χ4n) is 1.25. The molecule has 0 saturated carbocycles. The van der Waals surface area contributed by atoms with E-state index in [4.69, 9.17) is 5.11 Å². The second-order valence-electron chi connectivity index (χ2n) is 4.64. The van der Waals surface area contributed by atoms with Crippen LogP contribution >= 0.6 is 0 Å². The summed E-state index contributed by atoms with van der Waals surface area (Å²) in [6.07, 6.45) is 1.04. The van der Waals surface area contributed by atoms with Gasteiger partial charge < -0.3 is 10.2 Å². The minimum atomic E-state index is -0.599. The third-order valence-electron chi connectivity index (χ3n) is 2.25. The van der Waals surface area contributed by atoms with Gasteiger partial charge in [-0.3, -0.25) is 0 Å². The van der Waals surface area contributed by atoms with Crippen LogP contribution in [0, 0.1) is 10.8 Å². The fourth-order valence-corrected chi connectivity index (χ4v) is 1.25. The van der Waals surface area contributed by atoms with Crippen molar-refractivity contribution in [3.05, 3.63) is 12.7 Å². The molecule has 2 nitrogen and oxygen atoms in total. The Morgan fingerprint density at radius 1 is 1.33 bits per heavy atom. The van der Waals surface area contributed by atoms with Gasteiger partial charge >= 0.3 is 0 Å². The van der Waals surface area contributed by atoms with E-state index in [-0.39, 0.29) is 12.0 Å². The van der Waals surface area contributed by atoms with Crippen molar-refractivity contribution in [2.24, 2.45) is 10.8 Å². The van der Waals surface area contributed by atoms with Gasteiger partial charge in [0.1, 0.15) is 0 Å². The molecule has 0 aliphatic heterocycles. The maximum absolute atomic E-state index is 9.87. The van der Waals surface area contributed by atoms with Crippen molar-refractivity contribution in [2.75, 3.05) is 6.61 Å². The van der Waals surface area contributed by atoms with Crippen LogP contribution in [-0.2, 0) is 0 Å². The highest BCUT2D eigenvalue weighted by atomic mass is 16.3. The zero-order valence-corrected chi connectivity index (χ0v) is 8.46. The second-order valence-corrected chi connectivity index (χ2v) is 4.64. The molecular formula is C10H20O2. The molecule has 2 heteroatoms. The van der Waals surface area contributed by atoms with Gasteiger partial charge in [0.05, 0.1) is 12.7 Å². The molecule has 0 amide bonds. The number of aliphatic hydroxyl groups is 2. The minimum Gasteiger partial charge on any atom is -0.395 e. The van der Waals surface area contributed by atoms with Crippen LogP contribution in [0.4, 0.5) is 0 Å². The Bertz CT molecular complexity index is 158. The maximum atomic E-state index is 9.87. The first-order valence-electron chi connectivity index (χ1n) is 4.20. The minimum absolute atomic E-state index is 0.0745. The van der Waals surface area contributed by atoms with Crippen LogP contribution in [0.25, 0.3) is 0 Å². The normalized spacial score (nSPS) is 19.8. The van der Waals surface area contributed by atoms with Crippen LogP contribution in [0.5, 0.6) is 0 Å². The van der Waals surface area contributed by atoms with Crippen LogP contribution < -0.4 is 0 Å². The summed E-state index contributed by atoms with van der Waals surface area (Å²) in [6.45, 7) is 11.2. The lowest BCUT2D eigenvalue weighted by atomic mass is 9.72. The molecule has 1 unspecified atom stereocenters. The molecule has 72 valence electrons. The second kappa shape index (κ2) is 3.58. The van der Waals surface area contributed by atoms with E-state index >= 15 is 0 Å².